The zero-order chi connectivity index (χ0) is 24.8. The second kappa shape index (κ2) is 9.17. The predicted octanol–water partition coefficient (Wildman–Crippen LogP) is 4.08. The maximum absolute atomic E-state index is 12.6. The number of methoxy groups -OCH3 is 1. The van der Waals surface area contributed by atoms with Crippen molar-refractivity contribution in [2.75, 3.05) is 44.7 Å². The van der Waals surface area contributed by atoms with Crippen molar-refractivity contribution in [3.8, 4) is 11.5 Å². The fraction of sp³-hybridized carbons (Fsp3) is 0.607. The molecule has 1 aliphatic carbocycles. The Morgan fingerprint density at radius 2 is 1.83 bits per heavy atom. The van der Waals surface area contributed by atoms with Crippen LogP contribution >= 0.6 is 0 Å². The molecule has 1 saturated carbocycles. The van der Waals surface area contributed by atoms with Crippen molar-refractivity contribution in [1.82, 2.24) is 9.80 Å². The van der Waals surface area contributed by atoms with E-state index < -0.39 is 5.63 Å². The smallest absolute Gasteiger partial charge is 0.343 e. The lowest BCUT2D eigenvalue weighted by Gasteiger charge is -2.39. The Morgan fingerprint density at radius 1 is 1.09 bits per heavy atom. The number of fused-ring (bicyclic) bond motifs is 2. The van der Waals surface area contributed by atoms with Gasteiger partial charge < -0.3 is 19.2 Å². The Kier molecular flexibility index (Phi) is 6.34. The van der Waals surface area contributed by atoms with Gasteiger partial charge in [-0.3, -0.25) is 9.80 Å². The Hall–Kier alpha value is -2.51. The van der Waals surface area contributed by atoms with Gasteiger partial charge >= 0.3 is 5.63 Å². The van der Waals surface area contributed by atoms with Gasteiger partial charge in [-0.2, -0.15) is 0 Å². The van der Waals surface area contributed by atoms with E-state index in [4.69, 9.17) is 9.15 Å². The zero-order valence-electron chi connectivity index (χ0n) is 21.5. The van der Waals surface area contributed by atoms with Crippen molar-refractivity contribution in [2.45, 2.75) is 59.2 Å². The minimum absolute atomic E-state index is 0.110. The number of nitrogens with zero attached hydrogens (tertiary/aromatic N) is 3. The molecule has 2 aromatic rings. The molecule has 190 valence electrons. The highest BCUT2D eigenvalue weighted by Crippen LogP contribution is 2.52. The first-order chi connectivity index (χ1) is 16.7. The van der Waals surface area contributed by atoms with Gasteiger partial charge in [-0.05, 0) is 42.2 Å². The number of benzene rings is 1. The number of hydrogen-bond acceptors (Lipinski definition) is 7. The number of rotatable bonds is 6. The van der Waals surface area contributed by atoms with E-state index in [0.29, 0.717) is 35.7 Å². The number of hydrogen-bond donors (Lipinski definition) is 1. The van der Waals surface area contributed by atoms with Crippen LogP contribution in [0, 0.1) is 10.8 Å². The van der Waals surface area contributed by atoms with E-state index in [2.05, 4.69) is 41.5 Å². The molecule has 3 aliphatic rings. The average molecular weight is 482 g/mol. The van der Waals surface area contributed by atoms with E-state index in [1.165, 1.54) is 19.1 Å². The van der Waals surface area contributed by atoms with Crippen LogP contribution in [0.1, 0.15) is 51.2 Å². The number of likely N-dealkylation sites (tertiary alicyclic amines) is 1. The van der Waals surface area contributed by atoms with Gasteiger partial charge in [0.1, 0.15) is 17.8 Å². The van der Waals surface area contributed by atoms with Crippen LogP contribution in [0.4, 0.5) is 5.69 Å². The molecule has 0 amide bonds. The average Bonchev–Trinajstić information content (AvgIpc) is 3.06. The number of para-hydroxylation sites is 2. The standard InChI is InChI=1S/C28H39N3O4/c1-27(2)13-21-14-28(3,18-27)19-31(21)16-22-25(32)20(17-35-26(22)33)15-29-9-11-30(12-10-29)23-7-5-6-8-24(23)34-4/h5-8,17,21,32H,9-16,18-19H2,1-4H3/t21-,28+/m0/s1. The lowest BCUT2D eigenvalue weighted by atomic mass is 9.65. The quantitative estimate of drug-likeness (QED) is 0.667. The fourth-order valence-electron chi connectivity index (χ4n) is 7.04. The molecule has 1 aromatic carbocycles. The van der Waals surface area contributed by atoms with E-state index in [1.54, 1.807) is 7.11 Å². The predicted molar refractivity (Wildman–Crippen MR) is 137 cm³/mol. The first kappa shape index (κ1) is 24.2. The second-order valence-corrected chi connectivity index (χ2v) is 11.9. The molecule has 2 bridgehead atoms. The molecule has 3 fully saturated rings. The summed E-state index contributed by atoms with van der Waals surface area (Å²) in [5.74, 6) is 0.996. The summed E-state index contributed by atoms with van der Waals surface area (Å²) in [6.45, 7) is 12.5. The van der Waals surface area contributed by atoms with Crippen molar-refractivity contribution in [3.05, 3.63) is 52.1 Å². The lowest BCUT2D eigenvalue weighted by molar-refractivity contribution is 0.126. The Bertz CT molecular complexity index is 1120. The summed E-state index contributed by atoms with van der Waals surface area (Å²) in [7, 11) is 1.70. The normalized spacial score (nSPS) is 26.7. The highest BCUT2D eigenvalue weighted by atomic mass is 16.5. The highest BCUT2D eigenvalue weighted by Gasteiger charge is 2.49. The SMILES string of the molecule is COc1ccccc1N1CCN(Cc2coc(=O)c(CN3C[C@]4(C)C[C@@H]3CC(C)(C)C4)c2O)CC1. The molecule has 5 rings (SSSR count). The maximum Gasteiger partial charge on any atom is 0.343 e. The van der Waals surface area contributed by atoms with Crippen LogP contribution < -0.4 is 15.3 Å². The van der Waals surface area contributed by atoms with Crippen LogP contribution in [0.3, 0.4) is 0 Å². The number of piperazine rings is 1. The molecule has 0 radical (unpaired) electrons. The van der Waals surface area contributed by atoms with E-state index in [0.717, 1.165) is 50.6 Å². The third-order valence-electron chi connectivity index (χ3n) is 8.22. The molecule has 7 heteroatoms. The van der Waals surface area contributed by atoms with Gasteiger partial charge in [-0.25, -0.2) is 4.79 Å². The number of anilines is 1. The van der Waals surface area contributed by atoms with Crippen molar-refractivity contribution in [1.29, 1.82) is 0 Å². The van der Waals surface area contributed by atoms with Crippen LogP contribution in [0.25, 0.3) is 0 Å². The maximum atomic E-state index is 12.6. The summed E-state index contributed by atoms with van der Waals surface area (Å²) in [5, 5.41) is 11.1. The van der Waals surface area contributed by atoms with Gasteiger partial charge in [0.25, 0.3) is 0 Å². The molecule has 2 saturated heterocycles. The summed E-state index contributed by atoms with van der Waals surface area (Å²) >= 11 is 0. The molecule has 1 N–H and O–H groups in total. The second-order valence-electron chi connectivity index (χ2n) is 11.9. The minimum Gasteiger partial charge on any atom is -0.507 e. The van der Waals surface area contributed by atoms with E-state index in [-0.39, 0.29) is 11.2 Å². The number of ether oxygens (including phenoxy) is 1. The van der Waals surface area contributed by atoms with Gasteiger partial charge in [0.15, 0.2) is 0 Å². The van der Waals surface area contributed by atoms with Crippen molar-refractivity contribution in [2.24, 2.45) is 10.8 Å². The molecule has 1 aromatic heterocycles. The van der Waals surface area contributed by atoms with Crippen molar-refractivity contribution >= 4 is 5.69 Å². The van der Waals surface area contributed by atoms with Crippen LogP contribution in [0.2, 0.25) is 0 Å². The Labute approximate surface area is 208 Å². The topological polar surface area (TPSA) is 69.4 Å². The fourth-order valence-corrected chi connectivity index (χ4v) is 7.04. The molecule has 7 nitrogen and oxygen atoms in total. The monoisotopic (exact) mass is 481 g/mol. The van der Waals surface area contributed by atoms with E-state index in [9.17, 15) is 9.90 Å². The summed E-state index contributed by atoms with van der Waals surface area (Å²) in [6.07, 6.45) is 4.94. The van der Waals surface area contributed by atoms with Gasteiger partial charge in [-0.1, -0.05) is 32.9 Å². The number of aromatic hydroxyl groups is 1. The molecule has 2 atom stereocenters. The molecule has 35 heavy (non-hydrogen) atoms. The first-order valence-corrected chi connectivity index (χ1v) is 12.8. The summed E-state index contributed by atoms with van der Waals surface area (Å²) in [6, 6.07) is 8.55. The molecule has 3 heterocycles. The summed E-state index contributed by atoms with van der Waals surface area (Å²) in [5.41, 5.74) is 2.38. The third-order valence-corrected chi connectivity index (χ3v) is 8.22. The summed E-state index contributed by atoms with van der Waals surface area (Å²) < 4.78 is 10.9. The zero-order valence-corrected chi connectivity index (χ0v) is 21.5. The Morgan fingerprint density at radius 3 is 2.57 bits per heavy atom. The minimum atomic E-state index is -0.418. The molecular formula is C28H39N3O4. The molecule has 0 unspecified atom stereocenters. The lowest BCUT2D eigenvalue weighted by Crippen LogP contribution is -2.46. The van der Waals surface area contributed by atoms with E-state index in [1.807, 2.05) is 18.2 Å². The van der Waals surface area contributed by atoms with Crippen molar-refractivity contribution in [3.63, 3.8) is 0 Å². The van der Waals surface area contributed by atoms with Crippen LogP contribution in [-0.2, 0) is 13.1 Å². The van der Waals surface area contributed by atoms with Crippen LogP contribution in [-0.4, -0.2) is 60.8 Å². The van der Waals surface area contributed by atoms with Gasteiger partial charge in [-0.15, -0.1) is 0 Å². The van der Waals surface area contributed by atoms with Crippen LogP contribution in [0.5, 0.6) is 11.5 Å². The molecular weight excluding hydrogens is 442 g/mol. The molecule has 0 spiro atoms. The van der Waals surface area contributed by atoms with Crippen molar-refractivity contribution < 1.29 is 14.3 Å². The summed E-state index contributed by atoms with van der Waals surface area (Å²) in [4.78, 5) is 19.7. The largest absolute Gasteiger partial charge is 0.507 e. The van der Waals surface area contributed by atoms with E-state index >= 15 is 0 Å². The Balaban J connectivity index is 1.26. The van der Waals surface area contributed by atoms with Gasteiger partial charge in [0.2, 0.25) is 0 Å². The van der Waals surface area contributed by atoms with Gasteiger partial charge in [0, 0.05) is 57.4 Å². The first-order valence-electron chi connectivity index (χ1n) is 12.8. The third kappa shape index (κ3) is 4.94. The van der Waals surface area contributed by atoms with Gasteiger partial charge in [0.05, 0.1) is 18.4 Å². The molecule has 2 aliphatic heterocycles. The highest BCUT2D eigenvalue weighted by molar-refractivity contribution is 5.58. The van der Waals surface area contributed by atoms with Crippen LogP contribution in [0.15, 0.2) is 39.7 Å².